The van der Waals surface area contributed by atoms with Crippen LogP contribution in [0, 0.1) is 0 Å². The molecule has 7 heteroatoms. The molecule has 0 aromatic heterocycles. The number of benzene rings is 1. The second-order valence-corrected chi connectivity index (χ2v) is 6.16. The lowest BCUT2D eigenvalue weighted by Crippen LogP contribution is -2.11. The molecule has 0 fully saturated rings. The fourth-order valence-electron chi connectivity index (χ4n) is 1.61. The standard InChI is InChI=1S/C15H14BrNO4S/c1-10-8-13(21-15(17-10)22-9-14(18)19)6-7-20-12-4-2-11(16)3-5-12/h2-5,8H,1,6-7,9H2,(H,18,19). The first-order valence-corrected chi connectivity index (χ1v) is 8.20. The Morgan fingerprint density at radius 2 is 2.14 bits per heavy atom. The van der Waals surface area contributed by atoms with Gasteiger partial charge in [-0.3, -0.25) is 4.79 Å². The molecule has 1 N–H and O–H groups in total. The highest BCUT2D eigenvalue weighted by Gasteiger charge is 2.14. The Hall–Kier alpha value is -1.73. The largest absolute Gasteiger partial charge is 0.493 e. The summed E-state index contributed by atoms with van der Waals surface area (Å²) in [4.78, 5) is 14.6. The first kappa shape index (κ1) is 16.6. The Labute approximate surface area is 140 Å². The van der Waals surface area contributed by atoms with Gasteiger partial charge in [-0.15, -0.1) is 0 Å². The highest BCUT2D eigenvalue weighted by Crippen LogP contribution is 2.22. The number of thioether (sulfide) groups is 1. The van der Waals surface area contributed by atoms with Gasteiger partial charge in [0, 0.05) is 17.0 Å². The van der Waals surface area contributed by atoms with Gasteiger partial charge in [0.05, 0.1) is 12.3 Å². The summed E-state index contributed by atoms with van der Waals surface area (Å²) < 4.78 is 12.1. The van der Waals surface area contributed by atoms with E-state index in [0.29, 0.717) is 29.7 Å². The van der Waals surface area contributed by atoms with E-state index >= 15 is 0 Å². The van der Waals surface area contributed by atoms with Crippen LogP contribution in [0.25, 0.3) is 0 Å². The van der Waals surface area contributed by atoms with Crippen LogP contribution in [0.5, 0.6) is 5.75 Å². The van der Waals surface area contributed by atoms with Crippen molar-refractivity contribution in [2.45, 2.75) is 6.42 Å². The number of carboxylic acids is 1. The number of carboxylic acid groups (broad SMARTS) is 1. The Morgan fingerprint density at radius 3 is 2.82 bits per heavy atom. The molecule has 0 aliphatic carbocycles. The van der Waals surface area contributed by atoms with Crippen molar-refractivity contribution in [1.82, 2.24) is 0 Å². The number of hydrogen-bond acceptors (Lipinski definition) is 5. The van der Waals surface area contributed by atoms with Crippen LogP contribution in [-0.2, 0) is 9.53 Å². The van der Waals surface area contributed by atoms with E-state index in [2.05, 4.69) is 27.5 Å². The van der Waals surface area contributed by atoms with Gasteiger partial charge in [0.15, 0.2) is 0 Å². The Bertz CT molecular complexity index is 625. The fraction of sp³-hybridized carbons (Fsp3) is 0.200. The number of ether oxygens (including phenoxy) is 2. The number of allylic oxidation sites excluding steroid dienone is 1. The van der Waals surface area contributed by atoms with Crippen molar-refractivity contribution in [3.8, 4) is 5.75 Å². The van der Waals surface area contributed by atoms with Gasteiger partial charge < -0.3 is 14.6 Å². The second-order valence-electron chi connectivity index (χ2n) is 4.32. The molecule has 0 radical (unpaired) electrons. The van der Waals surface area contributed by atoms with Crippen LogP contribution in [-0.4, -0.2) is 28.7 Å². The number of carbonyl (C=O) groups is 1. The molecule has 1 heterocycles. The maximum Gasteiger partial charge on any atom is 0.314 e. The summed E-state index contributed by atoms with van der Waals surface area (Å²) in [6.07, 6.45) is 2.26. The van der Waals surface area contributed by atoms with Crippen LogP contribution in [0.3, 0.4) is 0 Å². The molecular formula is C15H14BrNO4S. The van der Waals surface area contributed by atoms with Gasteiger partial charge >= 0.3 is 5.97 Å². The molecule has 0 saturated heterocycles. The zero-order valence-corrected chi connectivity index (χ0v) is 14.0. The average molecular weight is 384 g/mol. The summed E-state index contributed by atoms with van der Waals surface area (Å²) in [6.45, 7) is 4.21. The number of aliphatic carboxylic acids is 1. The molecule has 1 aromatic carbocycles. The summed E-state index contributed by atoms with van der Waals surface area (Å²) in [5, 5.41) is 8.97. The highest BCUT2D eigenvalue weighted by atomic mass is 79.9. The second kappa shape index (κ2) is 8.05. The van der Waals surface area contributed by atoms with E-state index in [9.17, 15) is 4.79 Å². The maximum absolute atomic E-state index is 10.6. The molecule has 5 nitrogen and oxygen atoms in total. The van der Waals surface area contributed by atoms with E-state index in [1.807, 2.05) is 24.3 Å². The number of nitrogens with zero attached hydrogens (tertiary/aromatic N) is 1. The van der Waals surface area contributed by atoms with Crippen LogP contribution in [0.1, 0.15) is 6.42 Å². The minimum absolute atomic E-state index is 0.102. The van der Waals surface area contributed by atoms with E-state index < -0.39 is 5.97 Å². The van der Waals surface area contributed by atoms with Gasteiger partial charge in [0.25, 0.3) is 5.23 Å². The number of hydrogen-bond donors (Lipinski definition) is 1. The fourth-order valence-corrected chi connectivity index (χ4v) is 2.47. The lowest BCUT2D eigenvalue weighted by Gasteiger charge is -2.16. The van der Waals surface area contributed by atoms with E-state index in [1.54, 1.807) is 6.08 Å². The molecule has 0 unspecified atom stereocenters. The normalized spacial score (nSPS) is 14.0. The van der Waals surface area contributed by atoms with Crippen LogP contribution < -0.4 is 4.74 Å². The van der Waals surface area contributed by atoms with Gasteiger partial charge in [0.1, 0.15) is 17.3 Å². The van der Waals surface area contributed by atoms with Crippen molar-refractivity contribution in [1.29, 1.82) is 0 Å². The molecule has 0 spiro atoms. The SMILES string of the molecule is C=C1C=C(CCOc2ccc(Br)cc2)OC(SCC(=O)O)=N1. The third-order valence-corrected chi connectivity index (χ3v) is 3.87. The topological polar surface area (TPSA) is 68.1 Å². The summed E-state index contributed by atoms with van der Waals surface area (Å²) in [6, 6.07) is 7.55. The Balaban J connectivity index is 1.81. The minimum Gasteiger partial charge on any atom is -0.493 e. The van der Waals surface area contributed by atoms with Crippen LogP contribution >= 0.6 is 27.7 Å². The van der Waals surface area contributed by atoms with Gasteiger partial charge in [-0.2, -0.15) is 0 Å². The van der Waals surface area contributed by atoms with Crippen molar-refractivity contribution in [3.63, 3.8) is 0 Å². The van der Waals surface area contributed by atoms with Crippen LogP contribution in [0.2, 0.25) is 0 Å². The summed E-state index contributed by atoms with van der Waals surface area (Å²) >= 11 is 4.39. The molecule has 0 bridgehead atoms. The van der Waals surface area contributed by atoms with Gasteiger partial charge in [-0.25, -0.2) is 4.99 Å². The minimum atomic E-state index is -0.920. The molecule has 22 heavy (non-hydrogen) atoms. The van der Waals surface area contributed by atoms with Gasteiger partial charge in [0.2, 0.25) is 0 Å². The predicted octanol–water partition coefficient (Wildman–Crippen LogP) is 3.82. The van der Waals surface area contributed by atoms with E-state index in [0.717, 1.165) is 22.0 Å². The van der Waals surface area contributed by atoms with Crippen molar-refractivity contribution < 1.29 is 19.4 Å². The number of halogens is 1. The van der Waals surface area contributed by atoms with Crippen molar-refractivity contribution in [3.05, 3.63) is 52.8 Å². The Morgan fingerprint density at radius 1 is 1.41 bits per heavy atom. The summed E-state index contributed by atoms with van der Waals surface area (Å²) in [5.74, 6) is 0.406. The molecule has 0 saturated carbocycles. The summed E-state index contributed by atoms with van der Waals surface area (Å²) in [7, 11) is 0. The van der Waals surface area contributed by atoms with Crippen molar-refractivity contribution in [2.24, 2.45) is 4.99 Å². The van der Waals surface area contributed by atoms with Crippen molar-refractivity contribution in [2.75, 3.05) is 12.4 Å². The lowest BCUT2D eigenvalue weighted by molar-refractivity contribution is -0.133. The predicted molar refractivity (Wildman–Crippen MR) is 90.1 cm³/mol. The molecule has 116 valence electrons. The molecule has 1 aromatic rings. The third kappa shape index (κ3) is 5.57. The zero-order valence-electron chi connectivity index (χ0n) is 11.6. The lowest BCUT2D eigenvalue weighted by atomic mass is 10.3. The van der Waals surface area contributed by atoms with E-state index in [4.69, 9.17) is 14.6 Å². The zero-order chi connectivity index (χ0) is 15.9. The molecule has 2 rings (SSSR count). The first-order valence-electron chi connectivity index (χ1n) is 6.42. The monoisotopic (exact) mass is 383 g/mol. The number of rotatable bonds is 6. The van der Waals surface area contributed by atoms with Crippen LogP contribution in [0.4, 0.5) is 0 Å². The quantitative estimate of drug-likeness (QED) is 0.808. The molecule has 1 aliphatic heterocycles. The van der Waals surface area contributed by atoms with Gasteiger partial charge in [-0.05, 0) is 24.3 Å². The smallest absolute Gasteiger partial charge is 0.314 e. The average Bonchev–Trinajstić information content (AvgIpc) is 2.47. The number of aliphatic imine (C=N–C) groups is 1. The van der Waals surface area contributed by atoms with Gasteiger partial charge in [-0.1, -0.05) is 34.3 Å². The van der Waals surface area contributed by atoms with E-state index in [-0.39, 0.29) is 5.75 Å². The first-order chi connectivity index (χ1) is 10.5. The van der Waals surface area contributed by atoms with Crippen molar-refractivity contribution >= 4 is 38.9 Å². The Kier molecular flexibility index (Phi) is 6.09. The van der Waals surface area contributed by atoms with Crippen LogP contribution in [0.15, 0.2) is 57.8 Å². The maximum atomic E-state index is 10.6. The van der Waals surface area contributed by atoms with E-state index in [1.165, 1.54) is 0 Å². The molecule has 0 atom stereocenters. The molecule has 1 aliphatic rings. The molecular weight excluding hydrogens is 370 g/mol. The summed E-state index contributed by atoms with van der Waals surface area (Å²) in [5.41, 5.74) is 0.540. The molecule has 0 amide bonds. The highest BCUT2D eigenvalue weighted by molar-refractivity contribution is 9.10. The third-order valence-electron chi connectivity index (χ3n) is 2.53.